The first kappa shape index (κ1) is 16.3. The molecule has 1 aromatic rings. The Morgan fingerprint density at radius 2 is 2.29 bits per heavy atom. The third-order valence-corrected chi connectivity index (χ3v) is 4.42. The number of nitrogens with zero attached hydrogens (tertiary/aromatic N) is 2. The van der Waals surface area contributed by atoms with Crippen LogP contribution in [0.2, 0.25) is 0 Å². The van der Waals surface area contributed by atoms with Crippen molar-refractivity contribution in [3.8, 4) is 0 Å². The molecule has 21 heavy (non-hydrogen) atoms. The minimum Gasteiger partial charge on any atom is -0.369 e. The molecule has 0 radical (unpaired) electrons. The third-order valence-electron chi connectivity index (χ3n) is 3.99. The molecule has 5 heteroatoms. The summed E-state index contributed by atoms with van der Waals surface area (Å²) >= 11 is 3.43. The summed E-state index contributed by atoms with van der Waals surface area (Å²) in [7, 11) is 0. The number of hydrogen-bond acceptors (Lipinski definition) is 3. The molecular formula is C16H24BrN3O. The molecule has 116 valence electrons. The summed E-state index contributed by atoms with van der Waals surface area (Å²) in [6, 6.07) is 2.25. The molecule has 1 aliphatic heterocycles. The van der Waals surface area contributed by atoms with Crippen molar-refractivity contribution in [2.75, 3.05) is 18.4 Å². The van der Waals surface area contributed by atoms with E-state index in [0.717, 1.165) is 43.2 Å². The number of piperidine rings is 1. The fourth-order valence-corrected chi connectivity index (χ4v) is 3.16. The van der Waals surface area contributed by atoms with E-state index in [1.807, 2.05) is 11.0 Å². The van der Waals surface area contributed by atoms with Gasteiger partial charge in [0.15, 0.2) is 0 Å². The summed E-state index contributed by atoms with van der Waals surface area (Å²) in [5, 5.41) is 3.26. The topological polar surface area (TPSA) is 45.2 Å². The fraction of sp³-hybridized carbons (Fsp3) is 0.625. The molecule has 1 fully saturated rings. The maximum atomic E-state index is 12.9. The number of carbonyl (C=O) groups excluding carboxylic acids is 1. The Labute approximate surface area is 135 Å². The van der Waals surface area contributed by atoms with E-state index in [-0.39, 0.29) is 5.91 Å². The zero-order chi connectivity index (χ0) is 15.2. The molecule has 0 saturated carbocycles. The monoisotopic (exact) mass is 353 g/mol. The van der Waals surface area contributed by atoms with Crippen molar-refractivity contribution >= 4 is 27.7 Å². The number of likely N-dealkylation sites (tertiary alicyclic amines) is 1. The van der Waals surface area contributed by atoms with Gasteiger partial charge in [-0.3, -0.25) is 4.79 Å². The Bertz CT molecular complexity index is 492. The summed E-state index contributed by atoms with van der Waals surface area (Å²) in [5.74, 6) is 0.805. The number of amides is 1. The largest absolute Gasteiger partial charge is 0.369 e. The van der Waals surface area contributed by atoms with Gasteiger partial charge in [0, 0.05) is 29.8 Å². The van der Waals surface area contributed by atoms with Gasteiger partial charge in [-0.15, -0.1) is 0 Å². The first-order valence-corrected chi connectivity index (χ1v) is 8.67. The zero-order valence-corrected chi connectivity index (χ0v) is 14.4. The first-order valence-electron chi connectivity index (χ1n) is 7.87. The Morgan fingerprint density at radius 1 is 1.48 bits per heavy atom. The molecule has 1 saturated heterocycles. The van der Waals surface area contributed by atoms with Gasteiger partial charge < -0.3 is 10.2 Å². The standard InChI is InChI=1S/C16H24BrN3O/c1-3-8-18-15-14(10-12(17)11-19-15)16(21)20-9-6-5-7-13(20)4-2/h10-11,13H,3-9H2,1-2H3,(H,18,19). The molecule has 2 rings (SSSR count). The van der Waals surface area contributed by atoms with Crippen LogP contribution in [0.15, 0.2) is 16.7 Å². The van der Waals surface area contributed by atoms with Gasteiger partial charge in [0.05, 0.1) is 5.56 Å². The van der Waals surface area contributed by atoms with Crippen molar-refractivity contribution in [1.82, 2.24) is 9.88 Å². The number of carbonyl (C=O) groups is 1. The van der Waals surface area contributed by atoms with Crippen LogP contribution in [0.1, 0.15) is 56.3 Å². The smallest absolute Gasteiger partial charge is 0.257 e. The maximum absolute atomic E-state index is 12.9. The van der Waals surface area contributed by atoms with Crippen LogP contribution in [-0.2, 0) is 0 Å². The number of aromatic nitrogens is 1. The van der Waals surface area contributed by atoms with Crippen LogP contribution in [0.25, 0.3) is 0 Å². The van der Waals surface area contributed by atoms with Gasteiger partial charge in [0.25, 0.3) is 5.91 Å². The predicted molar refractivity (Wildman–Crippen MR) is 89.7 cm³/mol. The van der Waals surface area contributed by atoms with Crippen molar-refractivity contribution in [2.45, 2.75) is 52.0 Å². The molecule has 0 bridgehead atoms. The van der Waals surface area contributed by atoms with E-state index in [0.29, 0.717) is 17.4 Å². The number of rotatable bonds is 5. The number of anilines is 1. The van der Waals surface area contributed by atoms with Gasteiger partial charge in [0.1, 0.15) is 5.82 Å². The summed E-state index contributed by atoms with van der Waals surface area (Å²) in [4.78, 5) is 19.3. The average Bonchev–Trinajstić information content (AvgIpc) is 2.53. The van der Waals surface area contributed by atoms with Gasteiger partial charge in [-0.05, 0) is 54.1 Å². The number of halogens is 1. The number of hydrogen-bond donors (Lipinski definition) is 1. The molecule has 0 aliphatic carbocycles. The van der Waals surface area contributed by atoms with E-state index in [2.05, 4.69) is 40.1 Å². The number of pyridine rings is 1. The lowest BCUT2D eigenvalue weighted by Crippen LogP contribution is -2.43. The Morgan fingerprint density at radius 3 is 3.00 bits per heavy atom. The van der Waals surface area contributed by atoms with Crippen LogP contribution in [0, 0.1) is 0 Å². The second kappa shape index (κ2) is 7.78. The SMILES string of the molecule is CCCNc1ncc(Br)cc1C(=O)N1CCCCC1CC. The van der Waals surface area contributed by atoms with Crippen molar-refractivity contribution < 1.29 is 4.79 Å². The normalized spacial score (nSPS) is 18.6. The summed E-state index contributed by atoms with van der Waals surface area (Å²) < 4.78 is 0.845. The second-order valence-corrected chi connectivity index (χ2v) is 6.45. The Balaban J connectivity index is 2.26. The van der Waals surface area contributed by atoms with Crippen LogP contribution in [0.4, 0.5) is 5.82 Å². The molecule has 0 spiro atoms. The second-order valence-electron chi connectivity index (χ2n) is 5.53. The van der Waals surface area contributed by atoms with Crippen molar-refractivity contribution in [2.24, 2.45) is 0 Å². The van der Waals surface area contributed by atoms with Crippen LogP contribution >= 0.6 is 15.9 Å². The summed E-state index contributed by atoms with van der Waals surface area (Å²) in [5.41, 5.74) is 0.679. The highest BCUT2D eigenvalue weighted by Gasteiger charge is 2.28. The Kier molecular flexibility index (Phi) is 6.03. The van der Waals surface area contributed by atoms with Crippen LogP contribution < -0.4 is 5.32 Å². The van der Waals surface area contributed by atoms with Gasteiger partial charge >= 0.3 is 0 Å². The van der Waals surface area contributed by atoms with Crippen LogP contribution in [0.3, 0.4) is 0 Å². The molecule has 1 unspecified atom stereocenters. The van der Waals surface area contributed by atoms with Gasteiger partial charge in [0.2, 0.25) is 0 Å². The lowest BCUT2D eigenvalue weighted by atomic mass is 9.99. The lowest BCUT2D eigenvalue weighted by Gasteiger charge is -2.35. The van der Waals surface area contributed by atoms with E-state index in [4.69, 9.17) is 0 Å². The summed E-state index contributed by atoms with van der Waals surface area (Å²) in [6.07, 6.45) is 7.20. The third kappa shape index (κ3) is 3.96. The van der Waals surface area contributed by atoms with Gasteiger partial charge in [-0.2, -0.15) is 0 Å². The molecular weight excluding hydrogens is 330 g/mol. The van der Waals surface area contributed by atoms with E-state index in [9.17, 15) is 4.79 Å². The molecule has 4 nitrogen and oxygen atoms in total. The van der Waals surface area contributed by atoms with Crippen LogP contribution in [0.5, 0.6) is 0 Å². The lowest BCUT2D eigenvalue weighted by molar-refractivity contribution is 0.0608. The van der Waals surface area contributed by atoms with Crippen molar-refractivity contribution in [3.05, 3.63) is 22.3 Å². The molecule has 1 atom stereocenters. The van der Waals surface area contributed by atoms with E-state index >= 15 is 0 Å². The highest BCUT2D eigenvalue weighted by atomic mass is 79.9. The van der Waals surface area contributed by atoms with Gasteiger partial charge in [-0.1, -0.05) is 13.8 Å². The maximum Gasteiger partial charge on any atom is 0.257 e. The molecule has 0 aromatic carbocycles. The minimum atomic E-state index is 0.106. The predicted octanol–water partition coefficient (Wildman–Crippen LogP) is 4.07. The first-order chi connectivity index (χ1) is 10.2. The zero-order valence-electron chi connectivity index (χ0n) is 12.9. The average molecular weight is 354 g/mol. The van der Waals surface area contributed by atoms with E-state index in [1.54, 1.807) is 6.20 Å². The molecule has 1 aliphatic rings. The van der Waals surface area contributed by atoms with E-state index < -0.39 is 0 Å². The minimum absolute atomic E-state index is 0.106. The molecule has 1 amide bonds. The van der Waals surface area contributed by atoms with Gasteiger partial charge in [-0.25, -0.2) is 4.98 Å². The highest BCUT2D eigenvalue weighted by Crippen LogP contribution is 2.25. The highest BCUT2D eigenvalue weighted by molar-refractivity contribution is 9.10. The molecule has 1 N–H and O–H groups in total. The van der Waals surface area contributed by atoms with Crippen molar-refractivity contribution in [1.29, 1.82) is 0 Å². The van der Waals surface area contributed by atoms with Crippen LogP contribution in [-0.4, -0.2) is 34.9 Å². The summed E-state index contributed by atoms with van der Waals surface area (Å²) in [6.45, 7) is 5.94. The fourth-order valence-electron chi connectivity index (χ4n) is 2.83. The van der Waals surface area contributed by atoms with Crippen molar-refractivity contribution in [3.63, 3.8) is 0 Å². The Hall–Kier alpha value is -1.10. The quantitative estimate of drug-likeness (QED) is 0.867. The number of nitrogens with one attached hydrogen (secondary N) is 1. The molecule has 2 heterocycles. The molecule has 1 aromatic heterocycles. The van der Waals surface area contributed by atoms with E-state index in [1.165, 1.54) is 6.42 Å².